The standard InChI is InChI=1S/C28H33N2O3.NO3/c1-4-29(5-2)24-15-16-25-23(14-11-21-9-12-22(13-10-21)28(31)32-3)19-27(33-26(25)20-24)30-17-7-6-8-18-30;2-1(3)4/h9-16,19-20H,4-8,17-18H2,1-3H3;/q+1;-1/b14-11+;. The van der Waals surface area contributed by atoms with Crippen molar-refractivity contribution in [2.24, 2.45) is 0 Å². The predicted octanol–water partition coefficient (Wildman–Crippen LogP) is 4.95. The number of esters is 1. The Morgan fingerprint density at radius 3 is 2.27 bits per heavy atom. The van der Waals surface area contributed by atoms with Crippen molar-refractivity contribution >= 4 is 34.8 Å². The van der Waals surface area contributed by atoms with Crippen molar-refractivity contribution < 1.29 is 19.0 Å². The second-order valence-electron chi connectivity index (χ2n) is 8.61. The van der Waals surface area contributed by atoms with E-state index in [9.17, 15) is 4.79 Å². The van der Waals surface area contributed by atoms with Gasteiger partial charge >= 0.3 is 11.5 Å². The number of nitrogens with zero attached hydrogens (tertiary/aromatic N) is 3. The number of rotatable bonds is 6. The van der Waals surface area contributed by atoms with Gasteiger partial charge < -0.3 is 29.4 Å². The molecule has 1 aliphatic heterocycles. The van der Waals surface area contributed by atoms with E-state index < -0.39 is 5.09 Å². The lowest BCUT2D eigenvalue weighted by Gasteiger charge is -2.21. The second kappa shape index (κ2) is 13.2. The third-order valence-electron chi connectivity index (χ3n) is 6.35. The average molecular weight is 508 g/mol. The molecule has 1 saturated heterocycles. The molecule has 3 aromatic rings. The number of fused-ring (bicyclic) bond motifs is 1. The Kier molecular flexibility index (Phi) is 9.83. The van der Waals surface area contributed by atoms with E-state index in [1.807, 2.05) is 12.1 Å². The van der Waals surface area contributed by atoms with Crippen molar-refractivity contribution in [1.82, 2.24) is 4.58 Å². The first-order valence-electron chi connectivity index (χ1n) is 12.4. The summed E-state index contributed by atoms with van der Waals surface area (Å²) in [6.07, 6.45) is 7.89. The van der Waals surface area contributed by atoms with Crippen LogP contribution in [-0.4, -0.2) is 44.3 Å². The minimum absolute atomic E-state index is 0.323. The van der Waals surface area contributed by atoms with Crippen molar-refractivity contribution in [2.75, 3.05) is 38.2 Å². The van der Waals surface area contributed by atoms with E-state index in [1.165, 1.54) is 32.1 Å². The van der Waals surface area contributed by atoms with E-state index in [0.717, 1.165) is 53.8 Å². The fraction of sp³-hybridized carbons (Fsp3) is 0.357. The van der Waals surface area contributed by atoms with Crippen LogP contribution in [0.4, 0.5) is 5.69 Å². The molecule has 196 valence electrons. The summed E-state index contributed by atoms with van der Waals surface area (Å²) in [5, 5.41) is 15.8. The first-order valence-corrected chi connectivity index (χ1v) is 12.4. The van der Waals surface area contributed by atoms with Crippen molar-refractivity contribution in [2.45, 2.75) is 33.1 Å². The van der Waals surface area contributed by atoms with E-state index in [-0.39, 0.29) is 5.97 Å². The van der Waals surface area contributed by atoms with Crippen LogP contribution in [0.1, 0.15) is 54.6 Å². The third-order valence-corrected chi connectivity index (χ3v) is 6.35. The molecule has 0 amide bonds. The molecule has 37 heavy (non-hydrogen) atoms. The molecule has 2 heterocycles. The summed E-state index contributed by atoms with van der Waals surface area (Å²) in [6.45, 7) is 8.33. The van der Waals surface area contributed by atoms with E-state index in [1.54, 1.807) is 12.1 Å². The summed E-state index contributed by atoms with van der Waals surface area (Å²) >= 11 is 0. The van der Waals surface area contributed by atoms with E-state index in [4.69, 9.17) is 24.5 Å². The molecule has 0 saturated carbocycles. The Balaban J connectivity index is 0.000000886. The number of carbonyl (C=O) groups excluding carboxylic acids is 1. The zero-order chi connectivity index (χ0) is 26.8. The van der Waals surface area contributed by atoms with E-state index >= 15 is 0 Å². The largest absolute Gasteiger partial charge is 0.465 e. The van der Waals surface area contributed by atoms with Gasteiger partial charge in [0, 0.05) is 43.1 Å². The number of ether oxygens (including phenoxy) is 1. The zero-order valence-corrected chi connectivity index (χ0v) is 21.5. The van der Waals surface area contributed by atoms with E-state index in [0.29, 0.717) is 5.56 Å². The van der Waals surface area contributed by atoms with Gasteiger partial charge in [0.15, 0.2) is 0 Å². The third kappa shape index (κ3) is 7.42. The smallest absolute Gasteiger partial charge is 0.368 e. The Hall–Kier alpha value is -4.14. The van der Waals surface area contributed by atoms with Gasteiger partial charge in [0.05, 0.1) is 23.8 Å². The topological polar surface area (TPSA) is 112 Å². The summed E-state index contributed by atoms with van der Waals surface area (Å²) < 4.78 is 13.6. The summed E-state index contributed by atoms with van der Waals surface area (Å²) in [5.41, 5.74) is 5.72. The van der Waals surface area contributed by atoms with Gasteiger partial charge in [0.25, 0.3) is 0 Å². The van der Waals surface area contributed by atoms with Gasteiger partial charge in [-0.3, -0.25) is 0 Å². The van der Waals surface area contributed by atoms with Crippen LogP contribution in [0.15, 0.2) is 52.9 Å². The van der Waals surface area contributed by atoms with Gasteiger partial charge in [-0.1, -0.05) is 24.3 Å². The molecular weight excluding hydrogens is 474 g/mol. The van der Waals surface area contributed by atoms with Crippen LogP contribution in [0.5, 0.6) is 0 Å². The minimum Gasteiger partial charge on any atom is -0.465 e. The molecular formula is C28H33N3O6. The van der Waals surface area contributed by atoms with Gasteiger partial charge in [-0.05, 0) is 55.7 Å². The van der Waals surface area contributed by atoms with Gasteiger partial charge in [-0.25, -0.2) is 4.79 Å². The monoisotopic (exact) mass is 507 g/mol. The molecule has 1 aromatic heterocycles. The van der Waals surface area contributed by atoms with Crippen molar-refractivity contribution in [3.05, 3.63) is 86.1 Å². The lowest BCUT2D eigenvalue weighted by atomic mass is 10.1. The van der Waals surface area contributed by atoms with Gasteiger partial charge in [0.1, 0.15) is 18.7 Å². The first-order chi connectivity index (χ1) is 17.9. The fourth-order valence-electron chi connectivity index (χ4n) is 4.41. The van der Waals surface area contributed by atoms with Crippen LogP contribution in [0.2, 0.25) is 0 Å². The Bertz CT molecular complexity index is 1310. The van der Waals surface area contributed by atoms with Crippen molar-refractivity contribution in [1.29, 1.82) is 0 Å². The van der Waals surface area contributed by atoms with Crippen LogP contribution < -0.4 is 15.0 Å². The quantitative estimate of drug-likeness (QED) is 0.201. The Morgan fingerprint density at radius 1 is 1.03 bits per heavy atom. The highest BCUT2D eigenvalue weighted by Crippen LogP contribution is 2.25. The lowest BCUT2D eigenvalue weighted by Crippen LogP contribution is -2.34. The molecule has 9 heteroatoms. The van der Waals surface area contributed by atoms with Gasteiger partial charge in [-0.2, -0.15) is 4.58 Å². The Labute approximate surface area is 216 Å². The van der Waals surface area contributed by atoms with Crippen LogP contribution in [-0.2, 0) is 4.74 Å². The molecule has 0 spiro atoms. The molecule has 1 fully saturated rings. The molecule has 0 N–H and O–H groups in total. The average Bonchev–Trinajstić information content (AvgIpc) is 2.92. The molecule has 0 atom stereocenters. The second-order valence-corrected chi connectivity index (χ2v) is 8.61. The highest BCUT2D eigenvalue weighted by molar-refractivity contribution is 5.92. The van der Waals surface area contributed by atoms with Gasteiger partial charge in [-0.15, -0.1) is 0 Å². The molecule has 0 radical (unpaired) electrons. The Morgan fingerprint density at radius 2 is 1.68 bits per heavy atom. The normalized spacial score (nSPS) is 13.2. The summed E-state index contributed by atoms with van der Waals surface area (Å²) in [5.74, 6) is -0.323. The van der Waals surface area contributed by atoms with Crippen molar-refractivity contribution in [3.63, 3.8) is 0 Å². The summed E-state index contributed by atoms with van der Waals surface area (Å²) in [4.78, 5) is 22.3. The van der Waals surface area contributed by atoms with Crippen molar-refractivity contribution in [3.8, 4) is 0 Å². The number of piperidine rings is 1. The number of methoxy groups -OCH3 is 1. The highest BCUT2D eigenvalue weighted by atomic mass is 16.9. The molecule has 1 aliphatic rings. The van der Waals surface area contributed by atoms with Crippen LogP contribution >= 0.6 is 0 Å². The maximum absolute atomic E-state index is 11.7. The molecule has 0 bridgehead atoms. The van der Waals surface area contributed by atoms with Crippen LogP contribution in [0, 0.1) is 15.3 Å². The highest BCUT2D eigenvalue weighted by Gasteiger charge is 2.15. The maximum Gasteiger partial charge on any atom is 0.368 e. The fourth-order valence-corrected chi connectivity index (χ4v) is 4.41. The number of anilines is 1. The zero-order valence-electron chi connectivity index (χ0n) is 21.5. The van der Waals surface area contributed by atoms with E-state index in [2.05, 4.69) is 59.7 Å². The molecule has 2 aromatic carbocycles. The molecule has 9 nitrogen and oxygen atoms in total. The lowest BCUT2D eigenvalue weighted by molar-refractivity contribution is -0.402. The number of carbonyl (C=O) groups is 1. The van der Waals surface area contributed by atoms with Gasteiger partial charge in [0.2, 0.25) is 0 Å². The number of benzene rings is 2. The first kappa shape index (κ1) is 27.4. The predicted molar refractivity (Wildman–Crippen MR) is 146 cm³/mol. The molecule has 4 rings (SSSR count). The molecule has 0 unspecified atom stereocenters. The van der Waals surface area contributed by atoms with Crippen LogP contribution in [0.3, 0.4) is 0 Å². The summed E-state index contributed by atoms with van der Waals surface area (Å²) in [7, 11) is 1.40. The number of hydrogen-bond acceptors (Lipinski definition) is 7. The van der Waals surface area contributed by atoms with Crippen LogP contribution in [0.25, 0.3) is 23.1 Å². The minimum atomic E-state index is -1.75. The summed E-state index contributed by atoms with van der Waals surface area (Å²) in [6, 6.07) is 16.1. The SMILES string of the molecule is CCN(CC)c1ccc2c(/C=C/c3ccc(C(=O)OC)cc3)cc(=[N+]3CCCCC3)oc2c1.O=[N+]([O-])[O-]. The maximum atomic E-state index is 11.7. The number of hydrogen-bond donors (Lipinski definition) is 0. The molecule has 0 aliphatic carbocycles.